The summed E-state index contributed by atoms with van der Waals surface area (Å²) in [6, 6.07) is 7.57. The zero-order valence-corrected chi connectivity index (χ0v) is 13.5. The molecule has 0 radical (unpaired) electrons. The Morgan fingerprint density at radius 2 is 2.14 bits per heavy atom. The van der Waals surface area contributed by atoms with E-state index in [9.17, 15) is 13.2 Å². The van der Waals surface area contributed by atoms with Crippen molar-refractivity contribution in [3.63, 3.8) is 0 Å². The Labute approximate surface area is 131 Å². The summed E-state index contributed by atoms with van der Waals surface area (Å²) < 4.78 is 29.0. The van der Waals surface area contributed by atoms with Gasteiger partial charge in [0.2, 0.25) is 5.91 Å². The summed E-state index contributed by atoms with van der Waals surface area (Å²) in [6.45, 7) is 2.81. The second-order valence-electron chi connectivity index (χ2n) is 6.00. The van der Waals surface area contributed by atoms with Gasteiger partial charge < -0.3 is 9.64 Å². The lowest BCUT2D eigenvalue weighted by atomic mass is 9.95. The molecule has 1 fully saturated rings. The second-order valence-corrected chi connectivity index (χ2v) is 8.23. The van der Waals surface area contributed by atoms with Crippen molar-refractivity contribution >= 4 is 15.7 Å². The third kappa shape index (κ3) is 2.97. The molecule has 0 bridgehead atoms. The van der Waals surface area contributed by atoms with Crippen molar-refractivity contribution in [1.82, 2.24) is 4.90 Å². The first-order valence-electron chi connectivity index (χ1n) is 7.72. The van der Waals surface area contributed by atoms with E-state index in [-0.39, 0.29) is 29.4 Å². The fourth-order valence-corrected chi connectivity index (χ4v) is 5.07. The van der Waals surface area contributed by atoms with Gasteiger partial charge in [0.15, 0.2) is 9.84 Å². The Kier molecular flexibility index (Phi) is 4.12. The Morgan fingerprint density at radius 1 is 1.36 bits per heavy atom. The SMILES string of the molecule is CCN(C(=O)C1COc2ccccc2C1)C1CCS(=O)(=O)C1. The van der Waals surface area contributed by atoms with Crippen molar-refractivity contribution in [2.75, 3.05) is 24.7 Å². The van der Waals surface area contributed by atoms with Gasteiger partial charge in [-0.1, -0.05) is 18.2 Å². The van der Waals surface area contributed by atoms with Crippen molar-refractivity contribution in [3.8, 4) is 5.75 Å². The molecule has 2 unspecified atom stereocenters. The molecule has 1 amide bonds. The first-order chi connectivity index (χ1) is 10.5. The zero-order chi connectivity index (χ0) is 15.7. The molecule has 120 valence electrons. The number of fused-ring (bicyclic) bond motifs is 1. The summed E-state index contributed by atoms with van der Waals surface area (Å²) in [6.07, 6.45) is 1.21. The van der Waals surface area contributed by atoms with Crippen molar-refractivity contribution in [2.24, 2.45) is 5.92 Å². The van der Waals surface area contributed by atoms with E-state index < -0.39 is 9.84 Å². The molecule has 3 rings (SSSR count). The molecule has 2 aliphatic rings. The van der Waals surface area contributed by atoms with Gasteiger partial charge in [0.05, 0.1) is 17.4 Å². The fourth-order valence-electron chi connectivity index (χ4n) is 3.34. The quantitative estimate of drug-likeness (QED) is 0.840. The van der Waals surface area contributed by atoms with E-state index in [1.54, 1.807) is 4.90 Å². The second kappa shape index (κ2) is 5.91. The number of para-hydroxylation sites is 1. The molecule has 0 aliphatic carbocycles. The van der Waals surface area contributed by atoms with Crippen LogP contribution in [0.4, 0.5) is 0 Å². The maximum absolute atomic E-state index is 12.8. The monoisotopic (exact) mass is 323 g/mol. The molecule has 0 spiro atoms. The summed E-state index contributed by atoms with van der Waals surface area (Å²) in [5.41, 5.74) is 1.04. The van der Waals surface area contributed by atoms with Crippen LogP contribution < -0.4 is 4.74 Å². The van der Waals surface area contributed by atoms with Crippen LogP contribution in [0.25, 0.3) is 0 Å². The molecule has 1 saturated heterocycles. The van der Waals surface area contributed by atoms with E-state index >= 15 is 0 Å². The lowest BCUT2D eigenvalue weighted by molar-refractivity contribution is -0.138. The van der Waals surface area contributed by atoms with Gasteiger partial charge in [-0.3, -0.25) is 4.79 Å². The lowest BCUT2D eigenvalue weighted by Gasteiger charge is -2.33. The predicted molar refractivity (Wildman–Crippen MR) is 83.6 cm³/mol. The van der Waals surface area contributed by atoms with Gasteiger partial charge >= 0.3 is 0 Å². The third-order valence-corrected chi connectivity index (χ3v) is 6.25. The number of ether oxygens (including phenoxy) is 1. The van der Waals surface area contributed by atoms with Crippen LogP contribution in [-0.4, -0.2) is 49.9 Å². The molecule has 22 heavy (non-hydrogen) atoms. The fraction of sp³-hybridized carbons (Fsp3) is 0.562. The number of nitrogens with zero attached hydrogens (tertiary/aromatic N) is 1. The number of rotatable bonds is 3. The van der Waals surface area contributed by atoms with Crippen molar-refractivity contribution in [3.05, 3.63) is 29.8 Å². The van der Waals surface area contributed by atoms with Crippen molar-refractivity contribution in [2.45, 2.75) is 25.8 Å². The van der Waals surface area contributed by atoms with Crippen LogP contribution in [0.15, 0.2) is 24.3 Å². The van der Waals surface area contributed by atoms with Gasteiger partial charge in [-0.2, -0.15) is 0 Å². The number of carbonyl (C=O) groups is 1. The van der Waals surface area contributed by atoms with Crippen LogP contribution >= 0.6 is 0 Å². The molecule has 2 atom stereocenters. The minimum atomic E-state index is -2.99. The van der Waals surface area contributed by atoms with Crippen LogP contribution in [0.1, 0.15) is 18.9 Å². The smallest absolute Gasteiger partial charge is 0.229 e. The largest absolute Gasteiger partial charge is 0.492 e. The first-order valence-corrected chi connectivity index (χ1v) is 9.54. The van der Waals surface area contributed by atoms with Crippen LogP contribution in [0.3, 0.4) is 0 Å². The van der Waals surface area contributed by atoms with E-state index in [1.165, 1.54) is 0 Å². The number of sulfone groups is 1. The van der Waals surface area contributed by atoms with E-state index in [1.807, 2.05) is 31.2 Å². The molecule has 1 aromatic rings. The highest BCUT2D eigenvalue weighted by Crippen LogP contribution is 2.29. The number of hydrogen-bond acceptors (Lipinski definition) is 4. The number of hydrogen-bond donors (Lipinski definition) is 0. The van der Waals surface area contributed by atoms with E-state index in [0.717, 1.165) is 11.3 Å². The topological polar surface area (TPSA) is 63.7 Å². The number of carbonyl (C=O) groups excluding carboxylic acids is 1. The highest BCUT2D eigenvalue weighted by atomic mass is 32.2. The van der Waals surface area contributed by atoms with E-state index in [2.05, 4.69) is 0 Å². The van der Waals surface area contributed by atoms with Crippen LogP contribution in [0, 0.1) is 5.92 Å². The molecule has 0 aromatic heterocycles. The molecule has 0 N–H and O–H groups in total. The zero-order valence-electron chi connectivity index (χ0n) is 12.7. The molecular formula is C16H21NO4S. The Balaban J connectivity index is 1.73. The normalized spacial score (nSPS) is 26.0. The maximum Gasteiger partial charge on any atom is 0.229 e. The minimum absolute atomic E-state index is 0.0131. The minimum Gasteiger partial charge on any atom is -0.492 e. The molecule has 5 nitrogen and oxygen atoms in total. The van der Waals surface area contributed by atoms with Crippen LogP contribution in [0.5, 0.6) is 5.75 Å². The Bertz CT molecular complexity index is 670. The molecule has 6 heteroatoms. The molecule has 1 aromatic carbocycles. The van der Waals surface area contributed by atoms with Gasteiger partial charge in [0.1, 0.15) is 12.4 Å². The average Bonchev–Trinajstić information content (AvgIpc) is 2.87. The molecule has 2 heterocycles. The summed E-state index contributed by atoms with van der Waals surface area (Å²) >= 11 is 0. The summed E-state index contributed by atoms with van der Waals surface area (Å²) in [4.78, 5) is 14.5. The van der Waals surface area contributed by atoms with Gasteiger partial charge in [0, 0.05) is 12.6 Å². The predicted octanol–water partition coefficient (Wildman–Crippen LogP) is 1.27. The van der Waals surface area contributed by atoms with Crippen molar-refractivity contribution < 1.29 is 17.9 Å². The van der Waals surface area contributed by atoms with Crippen molar-refractivity contribution in [1.29, 1.82) is 0 Å². The molecule has 0 saturated carbocycles. The highest BCUT2D eigenvalue weighted by molar-refractivity contribution is 7.91. The number of amides is 1. The average molecular weight is 323 g/mol. The van der Waals surface area contributed by atoms with E-state index in [0.29, 0.717) is 26.0 Å². The standard InChI is InChI=1S/C16H21NO4S/c1-2-17(14-7-8-22(19,20)11-14)16(18)13-9-12-5-3-4-6-15(12)21-10-13/h3-6,13-14H,2,7-11H2,1H3. The Hall–Kier alpha value is -1.56. The number of benzene rings is 1. The Morgan fingerprint density at radius 3 is 2.82 bits per heavy atom. The molecule has 2 aliphatic heterocycles. The van der Waals surface area contributed by atoms with Gasteiger partial charge in [0.25, 0.3) is 0 Å². The summed E-state index contributed by atoms with van der Waals surface area (Å²) in [5.74, 6) is 0.914. The summed E-state index contributed by atoms with van der Waals surface area (Å²) in [5, 5.41) is 0. The first kappa shape index (κ1) is 15.3. The summed E-state index contributed by atoms with van der Waals surface area (Å²) in [7, 11) is -2.99. The molecular weight excluding hydrogens is 302 g/mol. The highest BCUT2D eigenvalue weighted by Gasteiger charge is 2.37. The lowest BCUT2D eigenvalue weighted by Crippen LogP contribution is -2.46. The van der Waals surface area contributed by atoms with Gasteiger partial charge in [-0.15, -0.1) is 0 Å². The van der Waals surface area contributed by atoms with Crippen LogP contribution in [-0.2, 0) is 21.1 Å². The van der Waals surface area contributed by atoms with Crippen LogP contribution in [0.2, 0.25) is 0 Å². The van der Waals surface area contributed by atoms with E-state index in [4.69, 9.17) is 4.74 Å². The maximum atomic E-state index is 12.8. The van der Waals surface area contributed by atoms with Gasteiger partial charge in [-0.05, 0) is 31.4 Å². The third-order valence-electron chi connectivity index (χ3n) is 4.50. The van der Waals surface area contributed by atoms with Gasteiger partial charge in [-0.25, -0.2) is 8.42 Å².